The molecule has 0 amide bonds. The molecule has 0 aromatic carbocycles. The lowest BCUT2D eigenvalue weighted by molar-refractivity contribution is 0.143. The van der Waals surface area contributed by atoms with Crippen molar-refractivity contribution < 1.29 is 5.11 Å². The van der Waals surface area contributed by atoms with Gasteiger partial charge in [0.2, 0.25) is 0 Å². The van der Waals surface area contributed by atoms with E-state index in [1.165, 1.54) is 5.57 Å². The van der Waals surface area contributed by atoms with Crippen LogP contribution in [0.5, 0.6) is 0 Å². The average Bonchev–Trinajstić information content (AvgIpc) is 2.10. The highest BCUT2D eigenvalue weighted by Gasteiger charge is 2.07. The molecule has 0 aliphatic heterocycles. The maximum absolute atomic E-state index is 9.45. The molecule has 0 radical (unpaired) electrons. The standard InChI is InChI=1S/C13H22O/c1-7-10(2)12(4)11(3)8-9-13(5,6)14/h10,14H,7H2,1-6H3. The molecule has 0 aromatic rings. The molecule has 0 spiro atoms. The van der Waals surface area contributed by atoms with Crippen LogP contribution in [0.2, 0.25) is 0 Å². The van der Waals surface area contributed by atoms with Crippen LogP contribution in [0.25, 0.3) is 0 Å². The van der Waals surface area contributed by atoms with Crippen molar-refractivity contribution >= 4 is 0 Å². The molecule has 1 nitrogen and oxygen atoms in total. The monoisotopic (exact) mass is 194 g/mol. The second kappa shape index (κ2) is 5.22. The lowest BCUT2D eigenvalue weighted by atomic mass is 9.95. The molecule has 0 heterocycles. The molecule has 1 atom stereocenters. The maximum atomic E-state index is 9.45. The van der Waals surface area contributed by atoms with E-state index in [1.54, 1.807) is 13.8 Å². The number of allylic oxidation sites excluding steroid dienone is 2. The van der Waals surface area contributed by atoms with E-state index >= 15 is 0 Å². The Bertz CT molecular complexity index is 268. The largest absolute Gasteiger partial charge is 0.378 e. The Kier molecular flexibility index (Phi) is 4.94. The first-order valence-electron chi connectivity index (χ1n) is 5.20. The number of hydrogen-bond acceptors (Lipinski definition) is 1. The summed E-state index contributed by atoms with van der Waals surface area (Å²) in [6.07, 6.45) is 1.13. The highest BCUT2D eigenvalue weighted by atomic mass is 16.3. The molecule has 0 aliphatic carbocycles. The molecule has 0 fully saturated rings. The molecule has 0 aliphatic rings. The van der Waals surface area contributed by atoms with E-state index in [4.69, 9.17) is 0 Å². The summed E-state index contributed by atoms with van der Waals surface area (Å²) in [5.41, 5.74) is 1.52. The van der Waals surface area contributed by atoms with Gasteiger partial charge in [-0.05, 0) is 45.6 Å². The van der Waals surface area contributed by atoms with E-state index in [1.807, 2.05) is 6.92 Å². The topological polar surface area (TPSA) is 20.2 Å². The SMILES string of the molecule is CCC(C)C(C)=C(C)C#CC(C)(C)O. The zero-order valence-corrected chi connectivity index (χ0v) is 10.2. The summed E-state index contributed by atoms with van der Waals surface area (Å²) in [4.78, 5) is 0. The minimum Gasteiger partial charge on any atom is -0.378 e. The van der Waals surface area contributed by atoms with Crippen molar-refractivity contribution in [2.45, 2.75) is 53.6 Å². The van der Waals surface area contributed by atoms with Crippen molar-refractivity contribution in [3.8, 4) is 11.8 Å². The van der Waals surface area contributed by atoms with Crippen LogP contribution in [0.15, 0.2) is 11.1 Å². The van der Waals surface area contributed by atoms with Gasteiger partial charge in [0, 0.05) is 0 Å². The van der Waals surface area contributed by atoms with Crippen LogP contribution >= 0.6 is 0 Å². The lowest BCUT2D eigenvalue weighted by Crippen LogP contribution is -2.14. The summed E-state index contributed by atoms with van der Waals surface area (Å²) in [7, 11) is 0. The molecule has 0 aromatic heterocycles. The Morgan fingerprint density at radius 2 is 1.86 bits per heavy atom. The molecule has 0 saturated heterocycles. The Morgan fingerprint density at radius 1 is 1.36 bits per heavy atom. The average molecular weight is 194 g/mol. The minimum absolute atomic E-state index is 0.575. The van der Waals surface area contributed by atoms with Gasteiger partial charge in [-0.25, -0.2) is 0 Å². The van der Waals surface area contributed by atoms with E-state index in [9.17, 15) is 5.11 Å². The van der Waals surface area contributed by atoms with Gasteiger partial charge in [-0.15, -0.1) is 0 Å². The summed E-state index contributed by atoms with van der Waals surface area (Å²) in [5.74, 6) is 6.42. The van der Waals surface area contributed by atoms with E-state index in [-0.39, 0.29) is 0 Å². The Balaban J connectivity index is 4.74. The maximum Gasteiger partial charge on any atom is 0.120 e. The number of rotatable bonds is 2. The molecule has 1 unspecified atom stereocenters. The third-order valence-corrected chi connectivity index (χ3v) is 2.50. The molecule has 80 valence electrons. The van der Waals surface area contributed by atoms with Crippen LogP contribution in [0.4, 0.5) is 0 Å². The fourth-order valence-corrected chi connectivity index (χ4v) is 1.02. The molecule has 0 bridgehead atoms. The van der Waals surface area contributed by atoms with Gasteiger partial charge in [-0.1, -0.05) is 31.3 Å². The Morgan fingerprint density at radius 3 is 2.21 bits per heavy atom. The van der Waals surface area contributed by atoms with Crippen LogP contribution in [0.1, 0.15) is 48.0 Å². The summed E-state index contributed by atoms with van der Waals surface area (Å²) >= 11 is 0. The summed E-state index contributed by atoms with van der Waals surface area (Å²) in [6.45, 7) is 11.9. The molecule has 0 saturated carbocycles. The van der Waals surface area contributed by atoms with Crippen molar-refractivity contribution in [1.82, 2.24) is 0 Å². The highest BCUT2D eigenvalue weighted by molar-refractivity contribution is 5.33. The molecule has 0 rings (SSSR count). The van der Waals surface area contributed by atoms with Crippen LogP contribution < -0.4 is 0 Å². The fraction of sp³-hybridized carbons (Fsp3) is 0.692. The van der Waals surface area contributed by atoms with Gasteiger partial charge in [0.15, 0.2) is 0 Å². The minimum atomic E-state index is -0.892. The third-order valence-electron chi connectivity index (χ3n) is 2.50. The van der Waals surface area contributed by atoms with Crippen molar-refractivity contribution in [2.75, 3.05) is 0 Å². The van der Waals surface area contributed by atoms with Gasteiger partial charge in [0.1, 0.15) is 5.60 Å². The third kappa shape index (κ3) is 5.09. The smallest absolute Gasteiger partial charge is 0.120 e. The van der Waals surface area contributed by atoms with Crippen LogP contribution in [-0.4, -0.2) is 10.7 Å². The summed E-state index contributed by atoms with van der Waals surface area (Å²) in [6, 6.07) is 0. The first kappa shape index (κ1) is 13.3. The molecule has 1 N–H and O–H groups in total. The van der Waals surface area contributed by atoms with E-state index < -0.39 is 5.60 Å². The first-order valence-corrected chi connectivity index (χ1v) is 5.20. The van der Waals surface area contributed by atoms with Gasteiger partial charge >= 0.3 is 0 Å². The molecular formula is C13H22O. The van der Waals surface area contributed by atoms with Gasteiger partial charge in [0.25, 0.3) is 0 Å². The summed E-state index contributed by atoms with van der Waals surface area (Å²) in [5, 5.41) is 9.45. The zero-order valence-electron chi connectivity index (χ0n) is 10.2. The Hall–Kier alpha value is -0.740. The van der Waals surface area contributed by atoms with Crippen molar-refractivity contribution in [3.05, 3.63) is 11.1 Å². The Labute approximate surface area is 88.2 Å². The normalized spacial score (nSPS) is 15.4. The van der Waals surface area contributed by atoms with E-state index in [0.29, 0.717) is 5.92 Å². The second-order valence-electron chi connectivity index (χ2n) is 4.43. The van der Waals surface area contributed by atoms with E-state index in [2.05, 4.69) is 32.6 Å². The highest BCUT2D eigenvalue weighted by Crippen LogP contribution is 2.17. The number of aliphatic hydroxyl groups is 1. The molecule has 14 heavy (non-hydrogen) atoms. The fourth-order valence-electron chi connectivity index (χ4n) is 1.02. The van der Waals surface area contributed by atoms with Crippen LogP contribution in [0.3, 0.4) is 0 Å². The quantitative estimate of drug-likeness (QED) is 0.670. The van der Waals surface area contributed by atoms with Gasteiger partial charge < -0.3 is 5.11 Å². The predicted octanol–water partition coefficient (Wildman–Crippen LogP) is 3.14. The zero-order chi connectivity index (χ0) is 11.4. The van der Waals surface area contributed by atoms with Crippen molar-refractivity contribution in [1.29, 1.82) is 0 Å². The second-order valence-corrected chi connectivity index (χ2v) is 4.43. The predicted molar refractivity (Wildman–Crippen MR) is 61.9 cm³/mol. The van der Waals surface area contributed by atoms with Crippen molar-refractivity contribution in [3.63, 3.8) is 0 Å². The van der Waals surface area contributed by atoms with Gasteiger partial charge in [-0.2, -0.15) is 0 Å². The van der Waals surface area contributed by atoms with Crippen molar-refractivity contribution in [2.24, 2.45) is 5.92 Å². The number of hydrogen-bond donors (Lipinski definition) is 1. The summed E-state index contributed by atoms with van der Waals surface area (Å²) < 4.78 is 0. The van der Waals surface area contributed by atoms with Gasteiger partial charge in [0.05, 0.1) is 0 Å². The lowest BCUT2D eigenvalue weighted by Gasteiger charge is -2.11. The molecular weight excluding hydrogens is 172 g/mol. The van der Waals surface area contributed by atoms with E-state index in [0.717, 1.165) is 12.0 Å². The van der Waals surface area contributed by atoms with Gasteiger partial charge in [-0.3, -0.25) is 0 Å². The van der Waals surface area contributed by atoms with Crippen LogP contribution in [-0.2, 0) is 0 Å². The molecule has 1 heteroatoms. The van der Waals surface area contributed by atoms with Crippen LogP contribution in [0, 0.1) is 17.8 Å². The first-order chi connectivity index (χ1) is 6.28.